The highest BCUT2D eigenvalue weighted by molar-refractivity contribution is 5.75. The Morgan fingerprint density at radius 3 is 2.62 bits per heavy atom. The molecule has 0 bridgehead atoms. The van der Waals surface area contributed by atoms with Crippen molar-refractivity contribution < 1.29 is 15.0 Å². The number of aliphatic hydroxyl groups is 1. The summed E-state index contributed by atoms with van der Waals surface area (Å²) in [7, 11) is 0. The monoisotopic (exact) mass is 228 g/mol. The Bertz CT molecular complexity index is 260. The van der Waals surface area contributed by atoms with Gasteiger partial charge in [-0.05, 0) is 38.5 Å². The molecule has 3 unspecified atom stereocenters. The summed E-state index contributed by atoms with van der Waals surface area (Å²) in [6, 6.07) is 0. The number of hydrogen-bond acceptors (Lipinski definition) is 2. The highest BCUT2D eigenvalue weighted by Gasteiger charge is 2.45. The van der Waals surface area contributed by atoms with E-state index in [-0.39, 0.29) is 0 Å². The standard InChI is InChI=1S/C13H24O3/c1-4-12(3,16)9-13(11(14)15)7-5-6-10(2)8-13/h10,16H,4-9H2,1-3H3,(H,14,15). The maximum absolute atomic E-state index is 11.5. The van der Waals surface area contributed by atoms with Gasteiger partial charge in [0.25, 0.3) is 0 Å². The van der Waals surface area contributed by atoms with Gasteiger partial charge in [0, 0.05) is 0 Å². The number of rotatable bonds is 4. The number of carboxylic acid groups (broad SMARTS) is 1. The molecule has 0 spiro atoms. The lowest BCUT2D eigenvalue weighted by Gasteiger charge is -2.40. The second kappa shape index (κ2) is 4.74. The SMILES string of the molecule is CCC(C)(O)CC1(C(=O)O)CCCC(C)C1. The van der Waals surface area contributed by atoms with Crippen LogP contribution in [0.3, 0.4) is 0 Å². The molecule has 0 aromatic rings. The summed E-state index contributed by atoms with van der Waals surface area (Å²) in [5, 5.41) is 19.6. The van der Waals surface area contributed by atoms with Crippen LogP contribution < -0.4 is 0 Å². The van der Waals surface area contributed by atoms with Gasteiger partial charge in [-0.1, -0.05) is 26.7 Å². The van der Waals surface area contributed by atoms with Gasteiger partial charge in [-0.2, -0.15) is 0 Å². The van der Waals surface area contributed by atoms with Crippen LogP contribution >= 0.6 is 0 Å². The molecule has 1 rings (SSSR count). The predicted octanol–water partition coefficient (Wildman–Crippen LogP) is 2.82. The number of carboxylic acids is 1. The van der Waals surface area contributed by atoms with Crippen LogP contribution in [-0.4, -0.2) is 21.8 Å². The Kier molecular flexibility index (Phi) is 4.00. The van der Waals surface area contributed by atoms with E-state index in [9.17, 15) is 15.0 Å². The van der Waals surface area contributed by atoms with E-state index >= 15 is 0 Å². The van der Waals surface area contributed by atoms with Crippen molar-refractivity contribution in [3.8, 4) is 0 Å². The molecule has 0 aliphatic heterocycles. The van der Waals surface area contributed by atoms with Crippen molar-refractivity contribution in [2.45, 2.75) is 64.9 Å². The van der Waals surface area contributed by atoms with E-state index in [0.29, 0.717) is 31.6 Å². The van der Waals surface area contributed by atoms with E-state index in [4.69, 9.17) is 0 Å². The van der Waals surface area contributed by atoms with Crippen molar-refractivity contribution in [3.63, 3.8) is 0 Å². The van der Waals surface area contributed by atoms with E-state index < -0.39 is 17.0 Å². The molecule has 3 heteroatoms. The molecule has 0 radical (unpaired) electrons. The molecule has 0 amide bonds. The first-order chi connectivity index (χ1) is 7.31. The number of aliphatic carboxylic acids is 1. The molecular formula is C13H24O3. The third-order valence-electron chi connectivity index (χ3n) is 4.03. The van der Waals surface area contributed by atoms with Crippen molar-refractivity contribution in [1.82, 2.24) is 0 Å². The summed E-state index contributed by atoms with van der Waals surface area (Å²) in [6.07, 6.45) is 4.49. The van der Waals surface area contributed by atoms with Crippen LogP contribution in [0.2, 0.25) is 0 Å². The van der Waals surface area contributed by atoms with E-state index in [2.05, 4.69) is 6.92 Å². The Labute approximate surface area is 97.9 Å². The fourth-order valence-electron chi connectivity index (χ4n) is 2.94. The highest BCUT2D eigenvalue weighted by Crippen LogP contribution is 2.45. The van der Waals surface area contributed by atoms with Crippen LogP contribution in [0.5, 0.6) is 0 Å². The molecule has 0 aromatic heterocycles. The molecule has 1 fully saturated rings. The van der Waals surface area contributed by atoms with Crippen molar-refractivity contribution in [2.24, 2.45) is 11.3 Å². The van der Waals surface area contributed by atoms with Crippen molar-refractivity contribution >= 4 is 5.97 Å². The maximum Gasteiger partial charge on any atom is 0.309 e. The van der Waals surface area contributed by atoms with Gasteiger partial charge in [-0.15, -0.1) is 0 Å². The lowest BCUT2D eigenvalue weighted by molar-refractivity contribution is -0.157. The number of hydrogen-bond donors (Lipinski definition) is 2. The molecule has 0 heterocycles. The summed E-state index contributed by atoms with van der Waals surface area (Å²) >= 11 is 0. The van der Waals surface area contributed by atoms with Gasteiger partial charge in [0.15, 0.2) is 0 Å². The largest absolute Gasteiger partial charge is 0.481 e. The third-order valence-corrected chi connectivity index (χ3v) is 4.03. The smallest absolute Gasteiger partial charge is 0.309 e. The fraction of sp³-hybridized carbons (Fsp3) is 0.923. The predicted molar refractivity (Wildman–Crippen MR) is 63.2 cm³/mol. The zero-order valence-corrected chi connectivity index (χ0v) is 10.6. The van der Waals surface area contributed by atoms with Crippen LogP contribution in [-0.2, 0) is 4.79 Å². The average molecular weight is 228 g/mol. The van der Waals surface area contributed by atoms with Gasteiger partial charge in [-0.25, -0.2) is 0 Å². The first kappa shape index (κ1) is 13.5. The topological polar surface area (TPSA) is 57.5 Å². The molecule has 1 aliphatic rings. The van der Waals surface area contributed by atoms with Gasteiger partial charge in [0.2, 0.25) is 0 Å². The van der Waals surface area contributed by atoms with E-state index in [1.165, 1.54) is 0 Å². The maximum atomic E-state index is 11.5. The molecule has 3 atom stereocenters. The third kappa shape index (κ3) is 2.97. The molecule has 16 heavy (non-hydrogen) atoms. The second-order valence-electron chi connectivity index (χ2n) is 5.81. The van der Waals surface area contributed by atoms with Gasteiger partial charge in [-0.3, -0.25) is 4.79 Å². The van der Waals surface area contributed by atoms with Gasteiger partial charge in [0.1, 0.15) is 0 Å². The summed E-state index contributed by atoms with van der Waals surface area (Å²) in [4.78, 5) is 11.5. The summed E-state index contributed by atoms with van der Waals surface area (Å²) in [5.41, 5.74) is -1.55. The Morgan fingerprint density at radius 2 is 2.19 bits per heavy atom. The molecule has 0 saturated heterocycles. The zero-order valence-electron chi connectivity index (χ0n) is 10.6. The Morgan fingerprint density at radius 1 is 1.56 bits per heavy atom. The van der Waals surface area contributed by atoms with Gasteiger partial charge in [0.05, 0.1) is 11.0 Å². The minimum Gasteiger partial charge on any atom is -0.481 e. The Balaban J connectivity index is 2.84. The van der Waals surface area contributed by atoms with Crippen LogP contribution in [0.15, 0.2) is 0 Å². The molecular weight excluding hydrogens is 204 g/mol. The summed E-state index contributed by atoms with van der Waals surface area (Å²) < 4.78 is 0. The van der Waals surface area contributed by atoms with Crippen LogP contribution in [0.4, 0.5) is 0 Å². The van der Waals surface area contributed by atoms with Crippen LogP contribution in [0.1, 0.15) is 59.3 Å². The normalized spacial score (nSPS) is 34.4. The minimum atomic E-state index is -0.852. The van der Waals surface area contributed by atoms with Crippen molar-refractivity contribution in [2.75, 3.05) is 0 Å². The molecule has 2 N–H and O–H groups in total. The molecule has 3 nitrogen and oxygen atoms in total. The first-order valence-electron chi connectivity index (χ1n) is 6.27. The molecule has 1 aliphatic carbocycles. The lowest BCUT2D eigenvalue weighted by Crippen LogP contribution is -2.42. The van der Waals surface area contributed by atoms with E-state index in [1.807, 2.05) is 6.92 Å². The second-order valence-corrected chi connectivity index (χ2v) is 5.81. The fourth-order valence-corrected chi connectivity index (χ4v) is 2.94. The van der Waals surface area contributed by atoms with Crippen molar-refractivity contribution in [1.29, 1.82) is 0 Å². The summed E-state index contributed by atoms with van der Waals surface area (Å²) in [6.45, 7) is 5.76. The van der Waals surface area contributed by atoms with Gasteiger partial charge < -0.3 is 10.2 Å². The summed E-state index contributed by atoms with van der Waals surface area (Å²) in [5.74, 6) is -0.273. The van der Waals surface area contributed by atoms with Crippen molar-refractivity contribution in [3.05, 3.63) is 0 Å². The average Bonchev–Trinajstić information content (AvgIpc) is 2.17. The van der Waals surface area contributed by atoms with Crippen LogP contribution in [0, 0.1) is 11.3 Å². The zero-order chi connectivity index (χ0) is 12.4. The van der Waals surface area contributed by atoms with Crippen LogP contribution in [0.25, 0.3) is 0 Å². The Hall–Kier alpha value is -0.570. The number of carbonyl (C=O) groups is 1. The lowest BCUT2D eigenvalue weighted by atomic mass is 9.65. The van der Waals surface area contributed by atoms with Gasteiger partial charge >= 0.3 is 5.97 Å². The highest BCUT2D eigenvalue weighted by atomic mass is 16.4. The minimum absolute atomic E-state index is 0.385. The van der Waals surface area contributed by atoms with E-state index in [1.54, 1.807) is 6.92 Å². The molecule has 1 saturated carbocycles. The van der Waals surface area contributed by atoms with E-state index in [0.717, 1.165) is 12.8 Å². The molecule has 94 valence electrons. The first-order valence-corrected chi connectivity index (χ1v) is 6.27. The quantitative estimate of drug-likeness (QED) is 0.778. The molecule has 0 aromatic carbocycles.